The molecule has 0 heterocycles. The summed E-state index contributed by atoms with van der Waals surface area (Å²) in [5.74, 6) is -0.531. The number of para-hydroxylation sites is 1. The fourth-order valence-corrected chi connectivity index (χ4v) is 2.41. The molecule has 2 aromatic carbocycles. The fraction of sp³-hybridized carbons (Fsp3) is 0.176. The van der Waals surface area contributed by atoms with Gasteiger partial charge in [0.05, 0.1) is 15.7 Å². The third-order valence-electron chi connectivity index (χ3n) is 3.03. The molecule has 2 aromatic rings. The van der Waals surface area contributed by atoms with Crippen LogP contribution in [0.5, 0.6) is 0 Å². The van der Waals surface area contributed by atoms with Gasteiger partial charge in [0.15, 0.2) is 0 Å². The van der Waals surface area contributed by atoms with Crippen LogP contribution in [0.4, 0.5) is 5.69 Å². The SMILES string of the molecule is CC(C)NC(=O)c1ccc(C(=O)Nc2c(Cl)cccc2Cl)cc1. The van der Waals surface area contributed by atoms with Gasteiger partial charge in [-0.15, -0.1) is 0 Å². The molecule has 0 radical (unpaired) electrons. The highest BCUT2D eigenvalue weighted by molar-refractivity contribution is 6.40. The molecule has 4 nitrogen and oxygen atoms in total. The number of nitrogens with one attached hydrogen (secondary N) is 2. The molecule has 0 bridgehead atoms. The average Bonchev–Trinajstić information content (AvgIpc) is 2.50. The number of benzene rings is 2. The van der Waals surface area contributed by atoms with Gasteiger partial charge >= 0.3 is 0 Å². The van der Waals surface area contributed by atoms with E-state index in [0.717, 1.165) is 0 Å². The molecule has 0 aromatic heterocycles. The van der Waals surface area contributed by atoms with E-state index in [1.807, 2.05) is 13.8 Å². The first-order valence-corrected chi connectivity index (χ1v) is 7.80. The van der Waals surface area contributed by atoms with Gasteiger partial charge in [-0.3, -0.25) is 9.59 Å². The first-order valence-electron chi connectivity index (χ1n) is 7.04. The topological polar surface area (TPSA) is 58.2 Å². The number of amides is 2. The molecule has 2 rings (SSSR count). The maximum Gasteiger partial charge on any atom is 0.255 e. The number of hydrogen-bond donors (Lipinski definition) is 2. The Balaban J connectivity index is 2.13. The van der Waals surface area contributed by atoms with Crippen molar-refractivity contribution in [2.75, 3.05) is 5.32 Å². The minimum Gasteiger partial charge on any atom is -0.350 e. The maximum atomic E-state index is 12.2. The molecule has 0 spiro atoms. The van der Waals surface area contributed by atoms with Crippen LogP contribution in [0, 0.1) is 0 Å². The number of anilines is 1. The molecule has 0 saturated heterocycles. The third-order valence-corrected chi connectivity index (χ3v) is 3.66. The zero-order valence-corrected chi connectivity index (χ0v) is 14.2. The lowest BCUT2D eigenvalue weighted by molar-refractivity contribution is 0.0941. The highest BCUT2D eigenvalue weighted by Gasteiger charge is 2.13. The Morgan fingerprint density at radius 2 is 1.35 bits per heavy atom. The quantitative estimate of drug-likeness (QED) is 0.859. The van der Waals surface area contributed by atoms with Gasteiger partial charge in [-0.2, -0.15) is 0 Å². The minimum atomic E-state index is -0.351. The second-order valence-corrected chi connectivity index (χ2v) is 6.07. The molecule has 120 valence electrons. The lowest BCUT2D eigenvalue weighted by Crippen LogP contribution is -2.30. The van der Waals surface area contributed by atoms with Gasteiger partial charge in [0.25, 0.3) is 11.8 Å². The van der Waals surface area contributed by atoms with Gasteiger partial charge in [0.1, 0.15) is 0 Å². The third kappa shape index (κ3) is 4.47. The molecule has 0 aliphatic heterocycles. The second kappa shape index (κ2) is 7.49. The molecule has 0 aliphatic carbocycles. The van der Waals surface area contributed by atoms with E-state index in [-0.39, 0.29) is 17.9 Å². The Morgan fingerprint density at radius 1 is 0.870 bits per heavy atom. The Labute approximate surface area is 144 Å². The van der Waals surface area contributed by atoms with Crippen LogP contribution in [0.3, 0.4) is 0 Å². The van der Waals surface area contributed by atoms with Gasteiger partial charge in [0.2, 0.25) is 0 Å². The summed E-state index contributed by atoms with van der Waals surface area (Å²) in [6, 6.07) is 11.4. The first-order chi connectivity index (χ1) is 10.9. The highest BCUT2D eigenvalue weighted by Crippen LogP contribution is 2.30. The average molecular weight is 351 g/mol. The minimum absolute atomic E-state index is 0.0489. The predicted molar refractivity (Wildman–Crippen MR) is 93.5 cm³/mol. The molecule has 0 atom stereocenters. The molecule has 2 amide bonds. The lowest BCUT2D eigenvalue weighted by atomic mass is 10.1. The van der Waals surface area contributed by atoms with E-state index in [0.29, 0.717) is 26.9 Å². The number of rotatable bonds is 4. The number of carbonyl (C=O) groups is 2. The molecule has 6 heteroatoms. The molecule has 0 fully saturated rings. The summed E-state index contributed by atoms with van der Waals surface area (Å²) in [5.41, 5.74) is 1.26. The van der Waals surface area contributed by atoms with Crippen molar-refractivity contribution in [1.82, 2.24) is 5.32 Å². The largest absolute Gasteiger partial charge is 0.350 e. The van der Waals surface area contributed by atoms with Crippen LogP contribution in [0.1, 0.15) is 34.6 Å². The van der Waals surface area contributed by atoms with E-state index in [2.05, 4.69) is 10.6 Å². The summed E-state index contributed by atoms with van der Waals surface area (Å²) >= 11 is 12.0. The van der Waals surface area contributed by atoms with E-state index in [4.69, 9.17) is 23.2 Å². The second-order valence-electron chi connectivity index (χ2n) is 5.26. The molecule has 0 saturated carbocycles. The molecule has 0 unspecified atom stereocenters. The Hall–Kier alpha value is -2.04. The molecular weight excluding hydrogens is 335 g/mol. The zero-order valence-electron chi connectivity index (χ0n) is 12.7. The van der Waals surface area contributed by atoms with E-state index < -0.39 is 0 Å². The number of halogens is 2. The van der Waals surface area contributed by atoms with Crippen molar-refractivity contribution >= 4 is 40.7 Å². The lowest BCUT2D eigenvalue weighted by Gasteiger charge is -2.10. The molecule has 2 N–H and O–H groups in total. The van der Waals surface area contributed by atoms with E-state index in [9.17, 15) is 9.59 Å². The fourth-order valence-electron chi connectivity index (χ4n) is 1.92. The highest BCUT2D eigenvalue weighted by atomic mass is 35.5. The maximum absolute atomic E-state index is 12.2. The van der Waals surface area contributed by atoms with Crippen LogP contribution in [-0.2, 0) is 0 Å². The summed E-state index contributed by atoms with van der Waals surface area (Å²) < 4.78 is 0. The van der Waals surface area contributed by atoms with Crippen molar-refractivity contribution < 1.29 is 9.59 Å². The van der Waals surface area contributed by atoms with E-state index in [1.165, 1.54) is 0 Å². The van der Waals surface area contributed by atoms with Crippen LogP contribution < -0.4 is 10.6 Å². The van der Waals surface area contributed by atoms with Crippen molar-refractivity contribution in [3.8, 4) is 0 Å². The summed E-state index contributed by atoms with van der Waals surface area (Å²) in [5, 5.41) is 6.18. The van der Waals surface area contributed by atoms with Gasteiger partial charge in [-0.1, -0.05) is 29.3 Å². The van der Waals surface area contributed by atoms with Crippen LogP contribution in [0.2, 0.25) is 10.0 Å². The normalized spacial score (nSPS) is 10.5. The first kappa shape index (κ1) is 17.3. The summed E-state index contributed by atoms with van der Waals surface area (Å²) in [6.07, 6.45) is 0. The number of carbonyl (C=O) groups excluding carboxylic acids is 2. The summed E-state index contributed by atoms with van der Waals surface area (Å²) in [6.45, 7) is 3.76. The zero-order chi connectivity index (χ0) is 17.0. The van der Waals surface area contributed by atoms with E-state index in [1.54, 1.807) is 42.5 Å². The smallest absolute Gasteiger partial charge is 0.255 e. The Bertz CT molecular complexity index is 708. The van der Waals surface area contributed by atoms with Crippen molar-refractivity contribution in [3.05, 3.63) is 63.6 Å². The van der Waals surface area contributed by atoms with Crippen LogP contribution in [0.15, 0.2) is 42.5 Å². The van der Waals surface area contributed by atoms with E-state index >= 15 is 0 Å². The van der Waals surface area contributed by atoms with Crippen molar-refractivity contribution in [3.63, 3.8) is 0 Å². The Kier molecular flexibility index (Phi) is 5.64. The Morgan fingerprint density at radius 3 is 1.83 bits per heavy atom. The van der Waals surface area contributed by atoms with Crippen molar-refractivity contribution in [2.45, 2.75) is 19.9 Å². The van der Waals surface area contributed by atoms with Gasteiger partial charge in [-0.25, -0.2) is 0 Å². The van der Waals surface area contributed by atoms with Gasteiger partial charge in [-0.05, 0) is 50.2 Å². The van der Waals surface area contributed by atoms with Crippen molar-refractivity contribution in [1.29, 1.82) is 0 Å². The summed E-state index contributed by atoms with van der Waals surface area (Å²) in [4.78, 5) is 24.1. The van der Waals surface area contributed by atoms with Crippen LogP contribution in [-0.4, -0.2) is 17.9 Å². The predicted octanol–water partition coefficient (Wildman–Crippen LogP) is 4.38. The number of hydrogen-bond acceptors (Lipinski definition) is 2. The standard InChI is InChI=1S/C17H16Cl2N2O2/c1-10(2)20-16(22)11-6-8-12(9-7-11)17(23)21-15-13(18)4-3-5-14(15)19/h3-10H,1-2H3,(H,20,22)(H,21,23). The summed E-state index contributed by atoms with van der Waals surface area (Å²) in [7, 11) is 0. The molecule has 23 heavy (non-hydrogen) atoms. The van der Waals surface area contributed by atoms with Crippen LogP contribution in [0.25, 0.3) is 0 Å². The van der Waals surface area contributed by atoms with Gasteiger partial charge in [0, 0.05) is 17.2 Å². The molecular formula is C17H16Cl2N2O2. The van der Waals surface area contributed by atoms with Gasteiger partial charge < -0.3 is 10.6 Å². The van der Waals surface area contributed by atoms with Crippen molar-refractivity contribution in [2.24, 2.45) is 0 Å². The molecule has 0 aliphatic rings. The van der Waals surface area contributed by atoms with Crippen LogP contribution >= 0.6 is 23.2 Å². The monoisotopic (exact) mass is 350 g/mol.